The predicted octanol–water partition coefficient (Wildman–Crippen LogP) is 4.60. The van der Waals surface area contributed by atoms with Crippen molar-refractivity contribution in [3.05, 3.63) is 70.8 Å². The van der Waals surface area contributed by atoms with Crippen LogP contribution in [0.15, 0.2) is 36.4 Å². The van der Waals surface area contributed by atoms with Gasteiger partial charge in [-0.1, -0.05) is 18.6 Å². The van der Waals surface area contributed by atoms with Crippen LogP contribution in [0.5, 0.6) is 0 Å². The zero-order valence-corrected chi connectivity index (χ0v) is 16.5. The van der Waals surface area contributed by atoms with Gasteiger partial charge in [0, 0.05) is 16.7 Å². The highest BCUT2D eigenvalue weighted by Crippen LogP contribution is 2.45. The lowest BCUT2D eigenvalue weighted by Crippen LogP contribution is -2.48. The Morgan fingerprint density at radius 1 is 0.759 bits per heavy atom. The fourth-order valence-electron chi connectivity index (χ4n) is 3.89. The van der Waals surface area contributed by atoms with Gasteiger partial charge in [-0.05, 0) is 56.4 Å². The number of benzene rings is 2. The molecule has 0 spiro atoms. The second kappa shape index (κ2) is 8.71. The standard InChI is InChI=1S/C11H11F2NO.C10H11F2N.ClH/c12-7-3-1-4-8(13)9(7)11(10(14)15)5-2-6-11;11-7-3-1-4-8(12)9(7)10(13)5-2-6-10;/h1,3-4H,2,5-6H2,(H2,14,15);1,3-4H,2,5-6,13H2;1H. The van der Waals surface area contributed by atoms with E-state index >= 15 is 0 Å². The van der Waals surface area contributed by atoms with E-state index in [-0.39, 0.29) is 23.5 Å². The molecule has 4 rings (SSSR count). The zero-order valence-electron chi connectivity index (χ0n) is 15.7. The molecule has 0 unspecified atom stereocenters. The van der Waals surface area contributed by atoms with Crippen LogP contribution in [0.4, 0.5) is 17.6 Å². The van der Waals surface area contributed by atoms with Crippen LogP contribution in [0, 0.1) is 23.3 Å². The van der Waals surface area contributed by atoms with E-state index in [1.54, 1.807) is 0 Å². The van der Waals surface area contributed by atoms with Gasteiger partial charge in [0.1, 0.15) is 23.3 Å². The fraction of sp³-hybridized carbons (Fsp3) is 0.381. The van der Waals surface area contributed by atoms with Crippen LogP contribution in [0.2, 0.25) is 0 Å². The smallest absolute Gasteiger partial charge is 0.228 e. The summed E-state index contributed by atoms with van der Waals surface area (Å²) in [6, 6.07) is 7.46. The number of halogens is 5. The van der Waals surface area contributed by atoms with Gasteiger partial charge in [0.05, 0.1) is 5.41 Å². The Bertz CT molecular complexity index is 858. The molecular weight excluding hydrogens is 408 g/mol. The highest BCUT2D eigenvalue weighted by atomic mass is 35.5. The molecule has 29 heavy (non-hydrogen) atoms. The molecule has 2 aliphatic carbocycles. The maximum absolute atomic E-state index is 13.5. The van der Waals surface area contributed by atoms with Crippen molar-refractivity contribution in [3.63, 3.8) is 0 Å². The van der Waals surface area contributed by atoms with E-state index in [2.05, 4.69) is 0 Å². The van der Waals surface area contributed by atoms with Gasteiger partial charge in [-0.2, -0.15) is 0 Å². The average Bonchev–Trinajstić information content (AvgIpc) is 2.55. The van der Waals surface area contributed by atoms with Crippen molar-refractivity contribution in [2.24, 2.45) is 11.5 Å². The number of rotatable bonds is 3. The molecule has 3 nitrogen and oxygen atoms in total. The first-order valence-corrected chi connectivity index (χ1v) is 9.19. The molecule has 0 saturated heterocycles. The molecule has 158 valence electrons. The highest BCUT2D eigenvalue weighted by molar-refractivity contribution is 5.87. The normalized spacial score (nSPS) is 18.2. The topological polar surface area (TPSA) is 69.1 Å². The van der Waals surface area contributed by atoms with Gasteiger partial charge in [0.25, 0.3) is 0 Å². The van der Waals surface area contributed by atoms with Gasteiger partial charge in [-0.3, -0.25) is 4.79 Å². The average molecular weight is 431 g/mol. The van der Waals surface area contributed by atoms with Crippen LogP contribution < -0.4 is 11.5 Å². The Morgan fingerprint density at radius 3 is 1.41 bits per heavy atom. The molecule has 0 atom stereocenters. The summed E-state index contributed by atoms with van der Waals surface area (Å²) < 4.78 is 53.5. The minimum Gasteiger partial charge on any atom is -0.369 e. The van der Waals surface area contributed by atoms with Crippen LogP contribution in [-0.2, 0) is 15.7 Å². The van der Waals surface area contributed by atoms with Crippen molar-refractivity contribution in [2.45, 2.75) is 49.5 Å². The summed E-state index contributed by atoms with van der Waals surface area (Å²) in [7, 11) is 0. The molecule has 2 aliphatic rings. The third-order valence-corrected chi connectivity index (χ3v) is 5.83. The van der Waals surface area contributed by atoms with E-state index in [1.165, 1.54) is 24.3 Å². The Balaban J connectivity index is 0.000000202. The Hall–Kier alpha value is -2.12. The van der Waals surface area contributed by atoms with E-state index in [9.17, 15) is 22.4 Å². The summed E-state index contributed by atoms with van der Waals surface area (Å²) in [5.74, 6) is -3.07. The van der Waals surface area contributed by atoms with E-state index < -0.39 is 40.1 Å². The minimum atomic E-state index is -1.12. The van der Waals surface area contributed by atoms with Crippen molar-refractivity contribution in [1.82, 2.24) is 0 Å². The molecule has 0 radical (unpaired) electrons. The third kappa shape index (κ3) is 4.12. The number of carbonyl (C=O) groups excluding carboxylic acids is 1. The Kier molecular flexibility index (Phi) is 6.96. The van der Waals surface area contributed by atoms with E-state index in [0.29, 0.717) is 25.7 Å². The SMILES string of the molecule is Cl.NC(=O)C1(c2c(F)cccc2F)CCC1.NC1(c2c(F)cccc2F)CCC1. The lowest BCUT2D eigenvalue weighted by atomic mass is 9.63. The molecular formula is C21H23ClF4N2O. The van der Waals surface area contributed by atoms with Gasteiger partial charge >= 0.3 is 0 Å². The molecule has 8 heteroatoms. The molecule has 2 fully saturated rings. The molecule has 4 N–H and O–H groups in total. The number of hydrogen-bond donors (Lipinski definition) is 2. The van der Waals surface area contributed by atoms with Crippen molar-refractivity contribution in [2.75, 3.05) is 0 Å². The summed E-state index contributed by atoms with van der Waals surface area (Å²) >= 11 is 0. The van der Waals surface area contributed by atoms with Crippen LogP contribution in [0.1, 0.15) is 49.7 Å². The maximum atomic E-state index is 13.5. The molecule has 2 aromatic carbocycles. The number of primary amides is 1. The molecule has 2 aromatic rings. The molecule has 1 amide bonds. The van der Waals surface area contributed by atoms with E-state index in [0.717, 1.165) is 25.0 Å². The summed E-state index contributed by atoms with van der Waals surface area (Å²) in [6.45, 7) is 0. The number of carbonyl (C=O) groups is 1. The van der Waals surface area contributed by atoms with Gasteiger partial charge in [-0.15, -0.1) is 12.4 Å². The van der Waals surface area contributed by atoms with E-state index in [4.69, 9.17) is 11.5 Å². The monoisotopic (exact) mass is 430 g/mol. The molecule has 2 saturated carbocycles. The van der Waals surface area contributed by atoms with Crippen LogP contribution in [0.3, 0.4) is 0 Å². The highest BCUT2D eigenvalue weighted by Gasteiger charge is 2.47. The fourth-order valence-corrected chi connectivity index (χ4v) is 3.89. The maximum Gasteiger partial charge on any atom is 0.228 e. The lowest BCUT2D eigenvalue weighted by molar-refractivity contribution is -0.126. The second-order valence-corrected chi connectivity index (χ2v) is 7.50. The molecule has 0 bridgehead atoms. The number of amides is 1. The van der Waals surface area contributed by atoms with Crippen molar-refractivity contribution in [3.8, 4) is 0 Å². The summed E-state index contributed by atoms with van der Waals surface area (Å²) in [5.41, 5.74) is 9.10. The Labute approximate surface area is 172 Å². The first-order valence-electron chi connectivity index (χ1n) is 9.19. The molecule has 0 aliphatic heterocycles. The second-order valence-electron chi connectivity index (χ2n) is 7.50. The first kappa shape index (κ1) is 23.2. The van der Waals surface area contributed by atoms with Crippen LogP contribution >= 0.6 is 12.4 Å². The zero-order chi connectivity index (χ0) is 20.5. The van der Waals surface area contributed by atoms with Gasteiger partial charge in [0.2, 0.25) is 5.91 Å². The lowest BCUT2D eigenvalue weighted by Gasteiger charge is -2.39. The Morgan fingerprint density at radius 2 is 1.14 bits per heavy atom. The summed E-state index contributed by atoms with van der Waals surface area (Å²) in [4.78, 5) is 11.3. The van der Waals surface area contributed by atoms with Crippen molar-refractivity contribution in [1.29, 1.82) is 0 Å². The number of nitrogens with two attached hydrogens (primary N) is 2. The van der Waals surface area contributed by atoms with Gasteiger partial charge in [0.15, 0.2) is 0 Å². The quantitative estimate of drug-likeness (QED) is 0.699. The molecule has 0 heterocycles. The van der Waals surface area contributed by atoms with Crippen molar-refractivity contribution < 1.29 is 22.4 Å². The largest absolute Gasteiger partial charge is 0.369 e. The molecule has 0 aromatic heterocycles. The predicted molar refractivity (Wildman–Crippen MR) is 104 cm³/mol. The van der Waals surface area contributed by atoms with Crippen LogP contribution in [0.25, 0.3) is 0 Å². The summed E-state index contributed by atoms with van der Waals surface area (Å²) in [6.07, 6.45) is 3.93. The third-order valence-electron chi connectivity index (χ3n) is 5.83. The van der Waals surface area contributed by atoms with E-state index in [1.807, 2.05) is 0 Å². The van der Waals surface area contributed by atoms with Gasteiger partial charge < -0.3 is 11.5 Å². The minimum absolute atomic E-state index is 0. The summed E-state index contributed by atoms with van der Waals surface area (Å²) in [5, 5.41) is 0. The number of hydrogen-bond acceptors (Lipinski definition) is 2. The van der Waals surface area contributed by atoms with Crippen molar-refractivity contribution >= 4 is 18.3 Å². The first-order chi connectivity index (χ1) is 13.2. The van der Waals surface area contributed by atoms with Crippen LogP contribution in [-0.4, -0.2) is 5.91 Å². The van der Waals surface area contributed by atoms with Gasteiger partial charge in [-0.25, -0.2) is 17.6 Å².